The van der Waals surface area contributed by atoms with Gasteiger partial charge < -0.3 is 9.73 Å². The maximum absolute atomic E-state index is 13.5. The van der Waals surface area contributed by atoms with Gasteiger partial charge in [-0.1, -0.05) is 0 Å². The van der Waals surface area contributed by atoms with E-state index in [9.17, 15) is 12.8 Å². The van der Waals surface area contributed by atoms with Crippen molar-refractivity contribution in [3.63, 3.8) is 0 Å². The van der Waals surface area contributed by atoms with E-state index in [4.69, 9.17) is 4.42 Å². The van der Waals surface area contributed by atoms with Crippen LogP contribution in [0.25, 0.3) is 0 Å². The number of hydrogen-bond donors (Lipinski definition) is 2. The average molecular weight is 363 g/mol. The molecule has 0 saturated carbocycles. The number of anilines is 2. The van der Waals surface area contributed by atoms with Gasteiger partial charge in [-0.3, -0.25) is 4.72 Å². The van der Waals surface area contributed by atoms with Crippen molar-refractivity contribution in [2.24, 2.45) is 0 Å². The molecule has 2 aromatic rings. The molecule has 0 radical (unpaired) electrons. The van der Waals surface area contributed by atoms with Crippen LogP contribution in [0.15, 0.2) is 39.4 Å². The molecule has 0 amide bonds. The first-order chi connectivity index (χ1) is 9.35. The van der Waals surface area contributed by atoms with Crippen LogP contribution in [0.2, 0.25) is 0 Å². The summed E-state index contributed by atoms with van der Waals surface area (Å²) >= 11 is 3.32. The number of sulfonamides is 1. The smallest absolute Gasteiger partial charge is 0.229 e. The third-order valence-electron chi connectivity index (χ3n) is 2.41. The lowest BCUT2D eigenvalue weighted by Crippen LogP contribution is -2.11. The predicted molar refractivity (Wildman–Crippen MR) is 78.6 cm³/mol. The third kappa shape index (κ3) is 3.97. The second-order valence-electron chi connectivity index (χ2n) is 4.11. The standard InChI is InChI=1S/C12H12BrFN2O3S/c1-20(17,18)16-11-6-8(2-3-10(11)14)15-7-12-9(13)4-5-19-12/h2-6,15-16H,7H2,1H3. The zero-order chi connectivity index (χ0) is 14.8. The van der Waals surface area contributed by atoms with Crippen molar-refractivity contribution in [2.75, 3.05) is 16.3 Å². The quantitative estimate of drug-likeness (QED) is 0.856. The molecule has 1 heterocycles. The van der Waals surface area contributed by atoms with E-state index in [1.807, 2.05) is 0 Å². The lowest BCUT2D eigenvalue weighted by atomic mass is 10.2. The Kier molecular flexibility index (Phi) is 4.34. The minimum atomic E-state index is -3.53. The fourth-order valence-electron chi connectivity index (χ4n) is 1.55. The summed E-state index contributed by atoms with van der Waals surface area (Å²) in [5, 5.41) is 3.02. The molecule has 108 valence electrons. The molecule has 8 heteroatoms. The molecule has 2 rings (SSSR count). The van der Waals surface area contributed by atoms with Crippen molar-refractivity contribution in [3.8, 4) is 0 Å². The molecule has 0 unspecified atom stereocenters. The van der Waals surface area contributed by atoms with Gasteiger partial charge in [-0.05, 0) is 40.2 Å². The first-order valence-corrected chi connectivity index (χ1v) is 8.27. The van der Waals surface area contributed by atoms with Gasteiger partial charge in [0.1, 0.15) is 11.6 Å². The van der Waals surface area contributed by atoms with Crippen molar-refractivity contribution in [1.82, 2.24) is 0 Å². The van der Waals surface area contributed by atoms with Crippen LogP contribution >= 0.6 is 15.9 Å². The van der Waals surface area contributed by atoms with Gasteiger partial charge in [0.2, 0.25) is 10.0 Å². The summed E-state index contributed by atoms with van der Waals surface area (Å²) in [7, 11) is -3.53. The minimum absolute atomic E-state index is 0.101. The van der Waals surface area contributed by atoms with Crippen molar-refractivity contribution in [1.29, 1.82) is 0 Å². The highest BCUT2D eigenvalue weighted by Gasteiger charge is 2.09. The van der Waals surface area contributed by atoms with Crippen LogP contribution in [0.3, 0.4) is 0 Å². The fourth-order valence-corrected chi connectivity index (χ4v) is 2.44. The Balaban J connectivity index is 2.13. The SMILES string of the molecule is CS(=O)(=O)Nc1cc(NCc2occc2Br)ccc1F. The summed E-state index contributed by atoms with van der Waals surface area (Å²) in [4.78, 5) is 0. The molecule has 0 aliphatic rings. The van der Waals surface area contributed by atoms with Crippen molar-refractivity contribution in [2.45, 2.75) is 6.54 Å². The highest BCUT2D eigenvalue weighted by molar-refractivity contribution is 9.10. The zero-order valence-electron chi connectivity index (χ0n) is 10.5. The van der Waals surface area contributed by atoms with E-state index in [-0.39, 0.29) is 5.69 Å². The number of rotatable bonds is 5. The molecule has 20 heavy (non-hydrogen) atoms. The second-order valence-corrected chi connectivity index (χ2v) is 6.72. The molecular weight excluding hydrogens is 351 g/mol. The molecular formula is C12H12BrFN2O3S. The van der Waals surface area contributed by atoms with Gasteiger partial charge in [0.15, 0.2) is 0 Å². The Morgan fingerprint density at radius 2 is 2.10 bits per heavy atom. The van der Waals surface area contributed by atoms with Gasteiger partial charge in [-0.25, -0.2) is 12.8 Å². The van der Waals surface area contributed by atoms with E-state index in [0.717, 1.165) is 10.7 Å². The average Bonchev–Trinajstić information content (AvgIpc) is 2.74. The number of benzene rings is 1. The number of furan rings is 1. The normalized spacial score (nSPS) is 11.3. The Morgan fingerprint density at radius 3 is 2.70 bits per heavy atom. The van der Waals surface area contributed by atoms with Crippen LogP contribution < -0.4 is 10.0 Å². The highest BCUT2D eigenvalue weighted by atomic mass is 79.9. The largest absolute Gasteiger partial charge is 0.466 e. The van der Waals surface area contributed by atoms with Crippen LogP contribution in [0.4, 0.5) is 15.8 Å². The lowest BCUT2D eigenvalue weighted by Gasteiger charge is -2.09. The molecule has 0 aliphatic heterocycles. The molecule has 0 fully saturated rings. The molecule has 0 saturated heterocycles. The van der Waals surface area contributed by atoms with Crippen LogP contribution in [-0.4, -0.2) is 14.7 Å². The Morgan fingerprint density at radius 1 is 1.35 bits per heavy atom. The molecule has 0 bridgehead atoms. The number of nitrogens with one attached hydrogen (secondary N) is 2. The monoisotopic (exact) mass is 362 g/mol. The van der Waals surface area contributed by atoms with Crippen LogP contribution in [0.5, 0.6) is 0 Å². The summed E-state index contributed by atoms with van der Waals surface area (Å²) in [5.41, 5.74) is 0.469. The van der Waals surface area contributed by atoms with Gasteiger partial charge in [0.05, 0.1) is 29.2 Å². The topological polar surface area (TPSA) is 71.3 Å². The Labute approximate surface area is 124 Å². The van der Waals surface area contributed by atoms with E-state index in [0.29, 0.717) is 18.0 Å². The molecule has 0 spiro atoms. The van der Waals surface area contributed by atoms with E-state index in [1.54, 1.807) is 12.3 Å². The molecule has 5 nitrogen and oxygen atoms in total. The van der Waals surface area contributed by atoms with E-state index < -0.39 is 15.8 Å². The second kappa shape index (κ2) is 5.84. The third-order valence-corrected chi connectivity index (χ3v) is 3.70. The Hall–Kier alpha value is -1.54. The van der Waals surface area contributed by atoms with Gasteiger partial charge in [-0.15, -0.1) is 0 Å². The summed E-state index contributed by atoms with van der Waals surface area (Å²) in [6, 6.07) is 5.85. The van der Waals surface area contributed by atoms with Crippen LogP contribution in [-0.2, 0) is 16.6 Å². The van der Waals surface area contributed by atoms with E-state index >= 15 is 0 Å². The summed E-state index contributed by atoms with van der Waals surface area (Å²) in [5.74, 6) is 0.0482. The zero-order valence-corrected chi connectivity index (χ0v) is 12.9. The van der Waals surface area contributed by atoms with Crippen molar-refractivity contribution in [3.05, 3.63) is 46.6 Å². The predicted octanol–water partition coefficient (Wildman–Crippen LogP) is 3.16. The molecule has 1 aromatic heterocycles. The van der Waals surface area contributed by atoms with Gasteiger partial charge in [0, 0.05) is 5.69 Å². The maximum atomic E-state index is 13.5. The Bertz CT molecular complexity index is 715. The van der Waals surface area contributed by atoms with E-state index in [1.165, 1.54) is 18.2 Å². The number of halogens is 2. The van der Waals surface area contributed by atoms with Gasteiger partial charge in [0.25, 0.3) is 0 Å². The summed E-state index contributed by atoms with van der Waals surface area (Å²) in [6.07, 6.45) is 2.51. The summed E-state index contributed by atoms with van der Waals surface area (Å²) < 4.78 is 43.9. The van der Waals surface area contributed by atoms with Gasteiger partial charge >= 0.3 is 0 Å². The van der Waals surface area contributed by atoms with Crippen molar-refractivity contribution >= 4 is 37.3 Å². The highest BCUT2D eigenvalue weighted by Crippen LogP contribution is 2.23. The van der Waals surface area contributed by atoms with Crippen LogP contribution in [0.1, 0.15) is 5.76 Å². The molecule has 2 N–H and O–H groups in total. The number of hydrogen-bond acceptors (Lipinski definition) is 4. The first kappa shape index (κ1) is 14.9. The fraction of sp³-hybridized carbons (Fsp3) is 0.167. The maximum Gasteiger partial charge on any atom is 0.229 e. The lowest BCUT2D eigenvalue weighted by molar-refractivity contribution is 0.516. The van der Waals surface area contributed by atoms with Crippen molar-refractivity contribution < 1.29 is 17.2 Å². The minimum Gasteiger partial charge on any atom is -0.466 e. The van der Waals surface area contributed by atoms with Gasteiger partial charge in [-0.2, -0.15) is 0 Å². The summed E-state index contributed by atoms with van der Waals surface area (Å²) in [6.45, 7) is 0.386. The first-order valence-electron chi connectivity index (χ1n) is 5.58. The molecule has 0 aliphatic carbocycles. The van der Waals surface area contributed by atoms with Crippen LogP contribution in [0, 0.1) is 5.82 Å². The molecule has 1 aromatic carbocycles. The van der Waals surface area contributed by atoms with E-state index in [2.05, 4.69) is 26.0 Å². The molecule has 0 atom stereocenters.